The van der Waals surface area contributed by atoms with Crippen LogP contribution in [0, 0.1) is 5.41 Å². The van der Waals surface area contributed by atoms with E-state index in [1.807, 2.05) is 12.1 Å². The van der Waals surface area contributed by atoms with Gasteiger partial charge < -0.3 is 11.1 Å². The van der Waals surface area contributed by atoms with Crippen LogP contribution in [-0.2, 0) is 6.42 Å². The van der Waals surface area contributed by atoms with Gasteiger partial charge in [0.25, 0.3) is 0 Å². The Morgan fingerprint density at radius 1 is 1.12 bits per heavy atom. The Hall–Kier alpha value is -1.02. The van der Waals surface area contributed by atoms with E-state index in [0.717, 1.165) is 25.2 Å². The molecule has 0 spiro atoms. The maximum Gasteiger partial charge on any atom is 0.0314 e. The number of hydrogen-bond donors (Lipinski definition) is 2. The Morgan fingerprint density at radius 3 is 2.31 bits per heavy atom. The van der Waals surface area contributed by atoms with Gasteiger partial charge in [0.05, 0.1) is 0 Å². The topological polar surface area (TPSA) is 38.0 Å². The molecule has 0 radical (unpaired) electrons. The Bertz CT molecular complexity index is 296. The largest absolute Gasteiger partial charge is 0.399 e. The lowest BCUT2D eigenvalue weighted by Gasteiger charge is -2.18. The number of nitrogen functional groups attached to an aromatic ring is 1. The van der Waals surface area contributed by atoms with Crippen molar-refractivity contribution in [3.8, 4) is 0 Å². The molecule has 3 N–H and O–H groups in total. The van der Waals surface area contributed by atoms with Crippen molar-refractivity contribution in [3.63, 3.8) is 0 Å². The first kappa shape index (κ1) is 13.0. The van der Waals surface area contributed by atoms with E-state index >= 15 is 0 Å². The fraction of sp³-hybridized carbons (Fsp3) is 0.571. The molecule has 0 atom stereocenters. The zero-order valence-electron chi connectivity index (χ0n) is 10.7. The lowest BCUT2D eigenvalue weighted by atomic mass is 9.97. The summed E-state index contributed by atoms with van der Waals surface area (Å²) in [5.74, 6) is 0. The van der Waals surface area contributed by atoms with Crippen molar-refractivity contribution in [2.75, 3.05) is 18.8 Å². The van der Waals surface area contributed by atoms with E-state index in [0.29, 0.717) is 5.41 Å². The number of rotatable bonds is 5. The third-order valence-electron chi connectivity index (χ3n) is 2.45. The molecular weight excluding hydrogens is 196 g/mol. The van der Waals surface area contributed by atoms with E-state index in [9.17, 15) is 0 Å². The number of anilines is 1. The molecule has 0 saturated heterocycles. The molecule has 0 fully saturated rings. The maximum absolute atomic E-state index is 5.64. The first-order valence-corrected chi connectivity index (χ1v) is 6.02. The van der Waals surface area contributed by atoms with Gasteiger partial charge in [-0.25, -0.2) is 0 Å². The molecule has 90 valence electrons. The molecule has 1 rings (SSSR count). The van der Waals surface area contributed by atoms with Crippen LogP contribution in [0.2, 0.25) is 0 Å². The van der Waals surface area contributed by atoms with E-state index in [-0.39, 0.29) is 0 Å². The summed E-state index contributed by atoms with van der Waals surface area (Å²) in [5.41, 5.74) is 8.22. The van der Waals surface area contributed by atoms with Crippen LogP contribution >= 0.6 is 0 Å². The van der Waals surface area contributed by atoms with Crippen LogP contribution in [0.15, 0.2) is 24.3 Å². The fourth-order valence-corrected chi connectivity index (χ4v) is 1.57. The number of nitrogens with two attached hydrogens (primary N) is 1. The highest BCUT2D eigenvalue weighted by atomic mass is 14.9. The fourth-order valence-electron chi connectivity index (χ4n) is 1.57. The van der Waals surface area contributed by atoms with Crippen molar-refractivity contribution in [3.05, 3.63) is 29.8 Å². The zero-order valence-corrected chi connectivity index (χ0v) is 10.7. The van der Waals surface area contributed by atoms with Gasteiger partial charge in [0, 0.05) is 5.69 Å². The molecule has 0 aliphatic rings. The summed E-state index contributed by atoms with van der Waals surface area (Å²) in [6, 6.07) is 8.16. The molecule has 0 aliphatic carbocycles. The second-order valence-corrected chi connectivity index (χ2v) is 5.58. The summed E-state index contributed by atoms with van der Waals surface area (Å²) in [6.45, 7) is 8.91. The van der Waals surface area contributed by atoms with Crippen LogP contribution in [0.1, 0.15) is 32.8 Å². The van der Waals surface area contributed by atoms with Crippen LogP contribution in [0.5, 0.6) is 0 Å². The van der Waals surface area contributed by atoms with Crippen molar-refractivity contribution in [1.29, 1.82) is 0 Å². The predicted octanol–water partition coefficient (Wildman–Crippen LogP) is 2.84. The Labute approximate surface area is 99.2 Å². The van der Waals surface area contributed by atoms with Crippen molar-refractivity contribution in [1.82, 2.24) is 5.32 Å². The second kappa shape index (κ2) is 5.90. The van der Waals surface area contributed by atoms with Gasteiger partial charge in [0.2, 0.25) is 0 Å². The minimum atomic E-state index is 0.376. The lowest BCUT2D eigenvalue weighted by molar-refractivity contribution is 0.379. The average Bonchev–Trinajstić information content (AvgIpc) is 2.19. The van der Waals surface area contributed by atoms with Crippen molar-refractivity contribution < 1.29 is 0 Å². The first-order chi connectivity index (χ1) is 7.47. The minimum Gasteiger partial charge on any atom is -0.399 e. The van der Waals surface area contributed by atoms with Gasteiger partial charge in [-0.1, -0.05) is 32.9 Å². The molecule has 0 heterocycles. The lowest BCUT2D eigenvalue weighted by Crippen LogP contribution is -2.27. The van der Waals surface area contributed by atoms with E-state index in [1.165, 1.54) is 12.0 Å². The first-order valence-electron chi connectivity index (χ1n) is 6.02. The van der Waals surface area contributed by atoms with Crippen LogP contribution in [0.4, 0.5) is 5.69 Å². The standard InChI is InChI=1S/C14H24N2/c1-14(2,3)11-16-10-4-5-12-6-8-13(15)9-7-12/h6-9,16H,4-5,10-11,15H2,1-3H3. The van der Waals surface area contributed by atoms with Gasteiger partial charge in [0.15, 0.2) is 0 Å². The Morgan fingerprint density at radius 2 is 1.75 bits per heavy atom. The summed E-state index contributed by atoms with van der Waals surface area (Å²) in [6.07, 6.45) is 2.30. The van der Waals surface area contributed by atoms with Gasteiger partial charge in [-0.15, -0.1) is 0 Å². The summed E-state index contributed by atoms with van der Waals surface area (Å²) >= 11 is 0. The molecule has 1 aromatic carbocycles. The highest BCUT2D eigenvalue weighted by Crippen LogP contribution is 2.10. The third-order valence-corrected chi connectivity index (χ3v) is 2.45. The minimum absolute atomic E-state index is 0.376. The number of benzene rings is 1. The normalized spacial score (nSPS) is 11.7. The van der Waals surface area contributed by atoms with Gasteiger partial charge in [-0.05, 0) is 49.0 Å². The Kier molecular flexibility index (Phi) is 4.81. The Balaban J connectivity index is 2.14. The van der Waals surface area contributed by atoms with E-state index < -0.39 is 0 Å². The molecule has 1 aromatic rings. The SMILES string of the molecule is CC(C)(C)CNCCCc1ccc(N)cc1. The van der Waals surface area contributed by atoms with E-state index in [2.05, 4.69) is 38.2 Å². The van der Waals surface area contributed by atoms with Crippen LogP contribution in [0.3, 0.4) is 0 Å². The van der Waals surface area contributed by atoms with Crippen LogP contribution < -0.4 is 11.1 Å². The van der Waals surface area contributed by atoms with Gasteiger partial charge >= 0.3 is 0 Å². The van der Waals surface area contributed by atoms with Crippen molar-refractivity contribution in [2.24, 2.45) is 5.41 Å². The van der Waals surface area contributed by atoms with Gasteiger partial charge in [0.1, 0.15) is 0 Å². The molecule has 16 heavy (non-hydrogen) atoms. The van der Waals surface area contributed by atoms with Gasteiger partial charge in [-0.2, -0.15) is 0 Å². The number of hydrogen-bond acceptors (Lipinski definition) is 2. The quantitative estimate of drug-likeness (QED) is 0.591. The summed E-state index contributed by atoms with van der Waals surface area (Å²) < 4.78 is 0. The average molecular weight is 220 g/mol. The second-order valence-electron chi connectivity index (χ2n) is 5.58. The summed E-state index contributed by atoms with van der Waals surface area (Å²) in [7, 11) is 0. The highest BCUT2D eigenvalue weighted by molar-refractivity contribution is 5.39. The van der Waals surface area contributed by atoms with Crippen molar-refractivity contribution in [2.45, 2.75) is 33.6 Å². The molecule has 0 aliphatic heterocycles. The number of nitrogens with one attached hydrogen (secondary N) is 1. The molecule has 0 amide bonds. The summed E-state index contributed by atoms with van der Waals surface area (Å²) in [4.78, 5) is 0. The molecule has 2 heteroatoms. The monoisotopic (exact) mass is 220 g/mol. The molecule has 0 unspecified atom stereocenters. The molecular formula is C14H24N2. The van der Waals surface area contributed by atoms with Crippen molar-refractivity contribution >= 4 is 5.69 Å². The van der Waals surface area contributed by atoms with E-state index in [4.69, 9.17) is 5.73 Å². The van der Waals surface area contributed by atoms with Crippen LogP contribution in [-0.4, -0.2) is 13.1 Å². The van der Waals surface area contributed by atoms with Gasteiger partial charge in [-0.3, -0.25) is 0 Å². The molecule has 0 saturated carbocycles. The maximum atomic E-state index is 5.64. The predicted molar refractivity (Wildman–Crippen MR) is 71.5 cm³/mol. The molecule has 0 aromatic heterocycles. The molecule has 0 bridgehead atoms. The summed E-state index contributed by atoms with van der Waals surface area (Å²) in [5, 5.41) is 3.48. The third kappa shape index (κ3) is 5.76. The number of aryl methyl sites for hydroxylation is 1. The smallest absolute Gasteiger partial charge is 0.0314 e. The van der Waals surface area contributed by atoms with Crippen LogP contribution in [0.25, 0.3) is 0 Å². The van der Waals surface area contributed by atoms with E-state index in [1.54, 1.807) is 0 Å². The zero-order chi connectivity index (χ0) is 12.0. The molecule has 2 nitrogen and oxygen atoms in total. The highest BCUT2D eigenvalue weighted by Gasteiger charge is 2.08.